The zero-order chi connectivity index (χ0) is 18.8. The van der Waals surface area contributed by atoms with Gasteiger partial charge in [-0.15, -0.1) is 0 Å². The van der Waals surface area contributed by atoms with Gasteiger partial charge >= 0.3 is 6.09 Å². The van der Waals surface area contributed by atoms with Crippen LogP contribution in [0.4, 0.5) is 4.79 Å². The summed E-state index contributed by atoms with van der Waals surface area (Å²) in [5.41, 5.74) is 0.273. The number of rotatable bonds is 3. The van der Waals surface area contributed by atoms with Crippen molar-refractivity contribution in [2.24, 2.45) is 0 Å². The van der Waals surface area contributed by atoms with E-state index in [4.69, 9.17) is 4.74 Å². The minimum Gasteiger partial charge on any atom is -0.444 e. The van der Waals surface area contributed by atoms with Crippen LogP contribution in [-0.2, 0) is 14.8 Å². The zero-order valence-corrected chi connectivity index (χ0v) is 17.4. The molecule has 1 aliphatic heterocycles. The third kappa shape index (κ3) is 5.18. The van der Waals surface area contributed by atoms with E-state index < -0.39 is 15.6 Å². The number of benzene rings is 1. The van der Waals surface area contributed by atoms with Crippen molar-refractivity contribution >= 4 is 32.0 Å². The number of hydrogen-bond donors (Lipinski definition) is 1. The molecule has 0 aromatic heterocycles. The number of nitrogens with zero attached hydrogens (tertiary/aromatic N) is 1. The maximum Gasteiger partial charge on any atom is 0.410 e. The van der Waals surface area contributed by atoms with E-state index in [-0.39, 0.29) is 12.0 Å². The molecule has 1 aromatic rings. The first-order valence-corrected chi connectivity index (χ1v) is 10.5. The molecule has 1 fully saturated rings. The summed E-state index contributed by atoms with van der Waals surface area (Å²) in [6.45, 7) is 6.63. The molecule has 6 nitrogen and oxygen atoms in total. The molecule has 1 N–H and O–H groups in total. The lowest BCUT2D eigenvalue weighted by Gasteiger charge is -2.34. The van der Waals surface area contributed by atoms with Gasteiger partial charge in [0.2, 0.25) is 10.0 Å². The summed E-state index contributed by atoms with van der Waals surface area (Å²) in [6.07, 6.45) is 1.09. The van der Waals surface area contributed by atoms with Gasteiger partial charge in [0.1, 0.15) is 5.60 Å². The predicted octanol–water partition coefficient (Wildman–Crippen LogP) is 3.47. The molecule has 0 unspecified atom stereocenters. The molecule has 1 heterocycles. The molecule has 1 saturated heterocycles. The smallest absolute Gasteiger partial charge is 0.410 e. The molecule has 0 aliphatic carbocycles. The molecule has 0 bridgehead atoms. The Morgan fingerprint density at radius 2 is 1.88 bits per heavy atom. The Morgan fingerprint density at radius 3 is 2.40 bits per heavy atom. The van der Waals surface area contributed by atoms with Gasteiger partial charge in [0.05, 0.1) is 4.90 Å². The maximum atomic E-state index is 12.3. The Kier molecular flexibility index (Phi) is 6.17. The van der Waals surface area contributed by atoms with Crippen molar-refractivity contribution in [1.29, 1.82) is 0 Å². The SMILES string of the molecule is CNS(=O)(=O)c1cc(Br)ccc1C1CCN(C(=O)OC(C)(C)C)CC1. The second kappa shape index (κ2) is 7.63. The Morgan fingerprint density at radius 1 is 1.28 bits per heavy atom. The van der Waals surface area contributed by atoms with E-state index >= 15 is 0 Å². The average Bonchev–Trinajstić information content (AvgIpc) is 2.53. The van der Waals surface area contributed by atoms with Gasteiger partial charge in [0, 0.05) is 17.6 Å². The van der Waals surface area contributed by atoms with E-state index in [0.717, 1.165) is 10.0 Å². The molecule has 8 heteroatoms. The standard InChI is InChI=1S/C17H25BrN2O4S/c1-17(2,3)24-16(21)20-9-7-12(8-10-20)14-6-5-13(18)11-15(14)25(22,23)19-4/h5-6,11-12,19H,7-10H2,1-4H3. The van der Waals surface area contributed by atoms with Gasteiger partial charge < -0.3 is 9.64 Å². The number of carbonyl (C=O) groups is 1. The van der Waals surface area contributed by atoms with Gasteiger partial charge in [-0.1, -0.05) is 22.0 Å². The normalized spacial score (nSPS) is 16.8. The van der Waals surface area contributed by atoms with Crippen LogP contribution in [0, 0.1) is 0 Å². The van der Waals surface area contributed by atoms with Crippen LogP contribution in [0.3, 0.4) is 0 Å². The van der Waals surface area contributed by atoms with Crippen molar-refractivity contribution in [3.63, 3.8) is 0 Å². The van der Waals surface area contributed by atoms with Crippen molar-refractivity contribution < 1.29 is 17.9 Å². The zero-order valence-electron chi connectivity index (χ0n) is 15.0. The molecule has 1 aliphatic rings. The van der Waals surface area contributed by atoms with Gasteiger partial charge in [-0.2, -0.15) is 0 Å². The summed E-state index contributed by atoms with van der Waals surface area (Å²) in [7, 11) is -2.13. The van der Waals surface area contributed by atoms with Crippen molar-refractivity contribution in [3.05, 3.63) is 28.2 Å². The van der Waals surface area contributed by atoms with E-state index in [2.05, 4.69) is 20.7 Å². The van der Waals surface area contributed by atoms with Crippen LogP contribution in [0.1, 0.15) is 45.1 Å². The molecular weight excluding hydrogens is 408 g/mol. The minimum absolute atomic E-state index is 0.0879. The topological polar surface area (TPSA) is 75.7 Å². The Balaban J connectivity index is 2.15. The summed E-state index contributed by atoms with van der Waals surface area (Å²) in [6, 6.07) is 5.33. The number of nitrogens with one attached hydrogen (secondary N) is 1. The second-order valence-electron chi connectivity index (χ2n) is 7.13. The van der Waals surface area contributed by atoms with Crippen molar-refractivity contribution in [1.82, 2.24) is 9.62 Å². The highest BCUT2D eigenvalue weighted by molar-refractivity contribution is 9.10. The van der Waals surface area contributed by atoms with Gasteiger partial charge in [0.15, 0.2) is 0 Å². The monoisotopic (exact) mass is 432 g/mol. The molecular formula is C17H25BrN2O4S. The molecule has 140 valence electrons. The highest BCUT2D eigenvalue weighted by atomic mass is 79.9. The fourth-order valence-electron chi connectivity index (χ4n) is 2.89. The number of amides is 1. The van der Waals surface area contributed by atoms with Crippen LogP contribution in [0.2, 0.25) is 0 Å². The summed E-state index contributed by atoms with van der Waals surface area (Å²) in [4.78, 5) is 14.1. The molecule has 0 saturated carbocycles. The van der Waals surface area contributed by atoms with Gasteiger partial charge in [-0.25, -0.2) is 17.9 Å². The van der Waals surface area contributed by atoms with E-state index in [1.165, 1.54) is 7.05 Å². The lowest BCUT2D eigenvalue weighted by atomic mass is 9.89. The summed E-state index contributed by atoms with van der Waals surface area (Å²) < 4.78 is 33.2. The number of likely N-dealkylation sites (tertiary alicyclic amines) is 1. The van der Waals surface area contributed by atoms with E-state index in [9.17, 15) is 13.2 Å². The van der Waals surface area contributed by atoms with Crippen LogP contribution in [0.25, 0.3) is 0 Å². The first-order valence-electron chi connectivity index (χ1n) is 8.24. The fraction of sp³-hybridized carbons (Fsp3) is 0.588. The Labute approximate surface area is 158 Å². The van der Waals surface area contributed by atoms with Crippen molar-refractivity contribution in [3.8, 4) is 0 Å². The molecule has 1 aromatic carbocycles. The average molecular weight is 433 g/mol. The quantitative estimate of drug-likeness (QED) is 0.792. The van der Waals surface area contributed by atoms with Gasteiger partial charge in [0.25, 0.3) is 0 Å². The fourth-order valence-corrected chi connectivity index (χ4v) is 4.45. The number of ether oxygens (including phenoxy) is 1. The largest absolute Gasteiger partial charge is 0.444 e. The Bertz CT molecular complexity index is 736. The van der Waals surface area contributed by atoms with Gasteiger partial charge in [-0.3, -0.25) is 0 Å². The van der Waals surface area contributed by atoms with Crippen LogP contribution in [0.5, 0.6) is 0 Å². The van der Waals surface area contributed by atoms with E-state index in [1.807, 2.05) is 32.9 Å². The minimum atomic E-state index is -3.54. The van der Waals surface area contributed by atoms with Crippen LogP contribution in [0.15, 0.2) is 27.6 Å². The number of hydrogen-bond acceptors (Lipinski definition) is 4. The number of sulfonamides is 1. The van der Waals surface area contributed by atoms with Crippen LogP contribution in [-0.4, -0.2) is 45.1 Å². The summed E-state index contributed by atoms with van der Waals surface area (Å²) in [5.74, 6) is 0.0879. The second-order valence-corrected chi connectivity index (χ2v) is 9.90. The third-order valence-electron chi connectivity index (χ3n) is 4.12. The molecule has 1 amide bonds. The van der Waals surface area contributed by atoms with E-state index in [1.54, 1.807) is 11.0 Å². The molecule has 25 heavy (non-hydrogen) atoms. The highest BCUT2D eigenvalue weighted by Gasteiger charge is 2.30. The molecule has 2 rings (SSSR count). The van der Waals surface area contributed by atoms with Gasteiger partial charge in [-0.05, 0) is 64.3 Å². The van der Waals surface area contributed by atoms with Crippen molar-refractivity contribution in [2.45, 2.75) is 50.0 Å². The summed E-state index contributed by atoms with van der Waals surface area (Å²) >= 11 is 3.34. The van der Waals surface area contributed by atoms with Crippen LogP contribution >= 0.6 is 15.9 Å². The lowest BCUT2D eigenvalue weighted by molar-refractivity contribution is 0.0204. The summed E-state index contributed by atoms with van der Waals surface area (Å²) in [5, 5.41) is 0. The molecule has 0 radical (unpaired) electrons. The van der Waals surface area contributed by atoms with E-state index in [0.29, 0.717) is 30.8 Å². The number of halogens is 1. The molecule has 0 spiro atoms. The first-order chi connectivity index (χ1) is 11.5. The number of piperidine rings is 1. The number of carbonyl (C=O) groups excluding carboxylic acids is 1. The van der Waals surface area contributed by atoms with Crippen LogP contribution < -0.4 is 4.72 Å². The predicted molar refractivity (Wildman–Crippen MR) is 100 cm³/mol. The highest BCUT2D eigenvalue weighted by Crippen LogP contribution is 2.34. The lowest BCUT2D eigenvalue weighted by Crippen LogP contribution is -2.41. The third-order valence-corrected chi connectivity index (χ3v) is 6.08. The first kappa shape index (κ1) is 20.2. The van der Waals surface area contributed by atoms with Crippen molar-refractivity contribution in [2.75, 3.05) is 20.1 Å². The Hall–Kier alpha value is -1.12. The molecule has 0 atom stereocenters. The maximum absolute atomic E-state index is 12.3.